The van der Waals surface area contributed by atoms with E-state index in [1.807, 2.05) is 0 Å². The quantitative estimate of drug-likeness (QED) is 0.829. The minimum Gasteiger partial charge on any atom is -0.395 e. The molecule has 1 aliphatic carbocycles. The van der Waals surface area contributed by atoms with Crippen LogP contribution in [-0.2, 0) is 6.54 Å². The average Bonchev–Trinajstić information content (AvgIpc) is 2.94. The maximum absolute atomic E-state index is 12.0. The number of nitrogens with two attached hydrogens (primary N) is 1. The highest BCUT2D eigenvalue weighted by Crippen LogP contribution is 2.33. The van der Waals surface area contributed by atoms with Crippen LogP contribution < -0.4 is 11.2 Å². The van der Waals surface area contributed by atoms with Crippen molar-refractivity contribution in [2.24, 2.45) is 0 Å². The summed E-state index contributed by atoms with van der Waals surface area (Å²) in [4.78, 5) is 20.8. The largest absolute Gasteiger partial charge is 0.395 e. The van der Waals surface area contributed by atoms with E-state index < -0.39 is 0 Å². The smallest absolute Gasteiger partial charge is 0.194 e. The molecule has 0 saturated heterocycles. The lowest BCUT2D eigenvalue weighted by molar-refractivity contribution is 0.277. The van der Waals surface area contributed by atoms with Gasteiger partial charge in [-0.25, -0.2) is 9.97 Å². The molecule has 0 radical (unpaired) electrons. The Morgan fingerprint density at radius 3 is 2.86 bits per heavy atom. The van der Waals surface area contributed by atoms with Gasteiger partial charge in [0, 0.05) is 24.1 Å². The molecule has 1 aliphatic rings. The molecular formula is C14H18N4O2S. The molecule has 0 aliphatic heterocycles. The fourth-order valence-electron chi connectivity index (χ4n) is 2.70. The van der Waals surface area contributed by atoms with Crippen molar-refractivity contribution in [1.29, 1.82) is 0 Å². The van der Waals surface area contributed by atoms with Crippen LogP contribution in [0.2, 0.25) is 0 Å². The molecule has 1 fully saturated rings. The highest BCUT2D eigenvalue weighted by Gasteiger charge is 2.19. The number of anilines is 1. The lowest BCUT2D eigenvalue weighted by Gasteiger charge is -2.12. The molecule has 21 heavy (non-hydrogen) atoms. The van der Waals surface area contributed by atoms with Gasteiger partial charge in [0.2, 0.25) is 0 Å². The molecule has 2 aromatic rings. The zero-order chi connectivity index (χ0) is 14.8. The predicted octanol–water partition coefficient (Wildman–Crippen LogP) is 1.40. The molecule has 1 saturated carbocycles. The number of hydrogen-bond donors (Lipinski definition) is 2. The average molecular weight is 306 g/mol. The van der Waals surface area contributed by atoms with E-state index in [9.17, 15) is 4.79 Å². The number of fused-ring (bicyclic) bond motifs is 1. The Morgan fingerprint density at radius 2 is 2.14 bits per heavy atom. The second-order valence-electron chi connectivity index (χ2n) is 5.21. The molecule has 0 atom stereocenters. The summed E-state index contributed by atoms with van der Waals surface area (Å²) in [5, 5.41) is 10.6. The number of hydrogen-bond acceptors (Lipinski definition) is 6. The molecular weight excluding hydrogens is 288 g/mol. The topological polar surface area (TPSA) is 94.0 Å². The van der Waals surface area contributed by atoms with Gasteiger partial charge in [-0.05, 0) is 12.8 Å². The number of rotatable bonds is 4. The Morgan fingerprint density at radius 1 is 1.38 bits per heavy atom. The maximum Gasteiger partial charge on any atom is 0.194 e. The minimum atomic E-state index is -0.186. The Bertz CT molecular complexity index is 710. The van der Waals surface area contributed by atoms with E-state index in [1.165, 1.54) is 31.7 Å². The number of aliphatic hydroxyl groups excluding tert-OH is 1. The van der Waals surface area contributed by atoms with Crippen molar-refractivity contribution in [2.45, 2.75) is 42.6 Å². The van der Waals surface area contributed by atoms with Crippen molar-refractivity contribution >= 4 is 28.6 Å². The number of pyridine rings is 1. The van der Waals surface area contributed by atoms with Gasteiger partial charge in [0.15, 0.2) is 16.2 Å². The Labute approximate surface area is 126 Å². The number of aliphatic hydroxyl groups is 1. The third-order valence-corrected chi connectivity index (χ3v) is 4.94. The number of thioether (sulfide) groups is 1. The Hall–Kier alpha value is -1.60. The highest BCUT2D eigenvalue weighted by molar-refractivity contribution is 7.99. The summed E-state index contributed by atoms with van der Waals surface area (Å²) in [6, 6.07) is 1.43. The van der Waals surface area contributed by atoms with E-state index in [0.717, 1.165) is 0 Å². The molecule has 112 valence electrons. The summed E-state index contributed by atoms with van der Waals surface area (Å²) in [6.07, 6.45) is 6.47. The molecule has 0 amide bonds. The summed E-state index contributed by atoms with van der Waals surface area (Å²) in [6.45, 7) is 0.355. The van der Waals surface area contributed by atoms with Crippen LogP contribution in [0.5, 0.6) is 0 Å². The first-order valence-corrected chi connectivity index (χ1v) is 8.01. The van der Waals surface area contributed by atoms with Crippen LogP contribution >= 0.6 is 11.8 Å². The molecule has 0 aromatic carbocycles. The van der Waals surface area contributed by atoms with Crippen molar-refractivity contribution in [2.75, 3.05) is 12.3 Å². The Kier molecular flexibility index (Phi) is 4.12. The Balaban J connectivity index is 2.07. The van der Waals surface area contributed by atoms with Gasteiger partial charge >= 0.3 is 0 Å². The molecule has 0 unspecified atom stereocenters. The zero-order valence-electron chi connectivity index (χ0n) is 11.7. The van der Waals surface area contributed by atoms with Crippen molar-refractivity contribution in [1.82, 2.24) is 14.5 Å². The fourth-order valence-corrected chi connectivity index (χ4v) is 3.85. The van der Waals surface area contributed by atoms with Crippen LogP contribution in [0.4, 0.5) is 5.82 Å². The van der Waals surface area contributed by atoms with Crippen LogP contribution in [0.25, 0.3) is 11.0 Å². The number of aromatic nitrogens is 3. The van der Waals surface area contributed by atoms with Crippen LogP contribution in [0.1, 0.15) is 25.7 Å². The second kappa shape index (κ2) is 6.03. The third kappa shape index (κ3) is 2.89. The van der Waals surface area contributed by atoms with Crippen LogP contribution in [0.15, 0.2) is 22.2 Å². The van der Waals surface area contributed by atoms with Gasteiger partial charge in [0.1, 0.15) is 11.2 Å². The zero-order valence-corrected chi connectivity index (χ0v) is 12.5. The molecule has 0 bridgehead atoms. The van der Waals surface area contributed by atoms with Crippen molar-refractivity contribution in [3.05, 3.63) is 22.5 Å². The van der Waals surface area contributed by atoms with Gasteiger partial charge in [-0.3, -0.25) is 4.79 Å². The maximum atomic E-state index is 12.0. The van der Waals surface area contributed by atoms with E-state index in [2.05, 4.69) is 9.97 Å². The fraction of sp³-hybridized carbons (Fsp3) is 0.500. The molecule has 7 heteroatoms. The van der Waals surface area contributed by atoms with Gasteiger partial charge in [0.05, 0.1) is 6.61 Å². The molecule has 2 heterocycles. The van der Waals surface area contributed by atoms with E-state index in [0.29, 0.717) is 28.0 Å². The van der Waals surface area contributed by atoms with E-state index in [1.54, 1.807) is 22.5 Å². The van der Waals surface area contributed by atoms with E-state index in [-0.39, 0.29) is 17.9 Å². The first kappa shape index (κ1) is 14.3. The first-order chi connectivity index (χ1) is 10.2. The first-order valence-electron chi connectivity index (χ1n) is 7.13. The minimum absolute atomic E-state index is 0.0209. The van der Waals surface area contributed by atoms with E-state index >= 15 is 0 Å². The van der Waals surface area contributed by atoms with Gasteiger partial charge in [0.25, 0.3) is 0 Å². The van der Waals surface area contributed by atoms with Gasteiger partial charge in [-0.15, -0.1) is 0 Å². The van der Waals surface area contributed by atoms with Crippen molar-refractivity contribution in [3.8, 4) is 0 Å². The molecule has 6 nitrogen and oxygen atoms in total. The number of nitrogen functional groups attached to an aromatic ring is 1. The summed E-state index contributed by atoms with van der Waals surface area (Å²) in [5.74, 6) is 0.220. The van der Waals surface area contributed by atoms with Crippen LogP contribution in [0.3, 0.4) is 0 Å². The standard InChI is InChI=1S/C14H18N4O2S/c15-12-11-10(20)5-6-18(7-8-19)13(11)17-14(16-12)21-9-3-1-2-4-9/h5-6,9,19H,1-4,7-8H2,(H2,15,16,17). The normalized spacial score (nSPS) is 15.9. The monoisotopic (exact) mass is 306 g/mol. The highest BCUT2D eigenvalue weighted by atomic mass is 32.2. The lowest BCUT2D eigenvalue weighted by atomic mass is 10.3. The third-order valence-electron chi connectivity index (χ3n) is 3.74. The summed E-state index contributed by atoms with van der Waals surface area (Å²) in [7, 11) is 0. The molecule has 3 N–H and O–H groups in total. The molecule has 3 rings (SSSR count). The molecule has 0 spiro atoms. The summed E-state index contributed by atoms with van der Waals surface area (Å²) in [5.41, 5.74) is 6.28. The summed E-state index contributed by atoms with van der Waals surface area (Å²) < 4.78 is 1.74. The van der Waals surface area contributed by atoms with Crippen LogP contribution in [-0.4, -0.2) is 31.5 Å². The van der Waals surface area contributed by atoms with E-state index in [4.69, 9.17) is 10.8 Å². The molecule has 2 aromatic heterocycles. The summed E-state index contributed by atoms with van der Waals surface area (Å²) >= 11 is 1.63. The van der Waals surface area contributed by atoms with Gasteiger partial charge < -0.3 is 15.4 Å². The SMILES string of the molecule is Nc1nc(SC2CCCC2)nc2c1c(=O)ccn2CCO. The van der Waals surface area contributed by atoms with Crippen molar-refractivity contribution in [3.63, 3.8) is 0 Å². The van der Waals surface area contributed by atoms with Gasteiger partial charge in [-0.1, -0.05) is 24.6 Å². The van der Waals surface area contributed by atoms with Crippen molar-refractivity contribution < 1.29 is 5.11 Å². The predicted molar refractivity (Wildman–Crippen MR) is 83.4 cm³/mol. The second-order valence-corrected chi connectivity index (χ2v) is 6.48. The number of nitrogens with zero attached hydrogens (tertiary/aromatic N) is 3. The van der Waals surface area contributed by atoms with Gasteiger partial charge in [-0.2, -0.15) is 0 Å². The lowest BCUT2D eigenvalue weighted by Crippen LogP contribution is -2.15. The van der Waals surface area contributed by atoms with Crippen LogP contribution in [0, 0.1) is 0 Å².